The van der Waals surface area contributed by atoms with Gasteiger partial charge in [0.2, 0.25) is 0 Å². The highest BCUT2D eigenvalue weighted by molar-refractivity contribution is 9.10. The summed E-state index contributed by atoms with van der Waals surface area (Å²) in [7, 11) is 0. The van der Waals surface area contributed by atoms with Crippen LogP contribution in [0.4, 0.5) is 0 Å². The molecular weight excluding hydrogens is 330 g/mol. The van der Waals surface area contributed by atoms with Crippen molar-refractivity contribution < 1.29 is 4.52 Å². The molecule has 5 heteroatoms. The predicted octanol–water partition coefficient (Wildman–Crippen LogP) is 4.17. The van der Waals surface area contributed by atoms with Gasteiger partial charge in [0, 0.05) is 10.0 Å². The molecule has 1 aliphatic rings. The van der Waals surface area contributed by atoms with E-state index in [1.54, 1.807) is 0 Å². The van der Waals surface area contributed by atoms with Crippen molar-refractivity contribution in [1.29, 1.82) is 0 Å². The molecule has 0 unspecified atom stereocenters. The van der Waals surface area contributed by atoms with Gasteiger partial charge in [0.1, 0.15) is 0 Å². The Kier molecular flexibility index (Phi) is 3.88. The molecule has 0 radical (unpaired) electrons. The molecule has 4 nitrogen and oxygen atoms in total. The minimum absolute atomic E-state index is 0.434. The van der Waals surface area contributed by atoms with Crippen molar-refractivity contribution in [3.63, 3.8) is 0 Å². The topological polar surface area (TPSA) is 64.9 Å². The lowest BCUT2D eigenvalue weighted by Crippen LogP contribution is -2.41. The molecule has 0 spiro atoms. The van der Waals surface area contributed by atoms with Gasteiger partial charge in [-0.25, -0.2) is 0 Å². The van der Waals surface area contributed by atoms with Crippen molar-refractivity contribution in [2.75, 3.05) is 0 Å². The Labute approximate surface area is 133 Å². The molecule has 112 valence electrons. The Morgan fingerprint density at radius 1 is 1.33 bits per heavy atom. The molecule has 1 saturated carbocycles. The molecule has 1 aromatic carbocycles. The van der Waals surface area contributed by atoms with Crippen LogP contribution in [0, 0.1) is 12.8 Å². The third-order valence-corrected chi connectivity index (χ3v) is 5.31. The molecule has 0 saturated heterocycles. The maximum Gasteiger partial charge on any atom is 0.258 e. The zero-order valence-electron chi connectivity index (χ0n) is 12.4. The van der Waals surface area contributed by atoms with Crippen LogP contribution in [-0.2, 0) is 5.54 Å². The number of aryl methyl sites for hydroxylation is 1. The van der Waals surface area contributed by atoms with Gasteiger partial charge < -0.3 is 10.3 Å². The molecule has 2 N–H and O–H groups in total. The Balaban J connectivity index is 1.87. The highest BCUT2D eigenvalue weighted by Crippen LogP contribution is 2.36. The number of benzene rings is 1. The van der Waals surface area contributed by atoms with Crippen molar-refractivity contribution in [2.24, 2.45) is 11.7 Å². The van der Waals surface area contributed by atoms with Gasteiger partial charge in [0.05, 0.1) is 5.54 Å². The van der Waals surface area contributed by atoms with Crippen LogP contribution in [0.5, 0.6) is 0 Å². The molecular formula is C16H20BrN3O. The Hall–Kier alpha value is -1.20. The maximum absolute atomic E-state index is 6.49. The minimum Gasteiger partial charge on any atom is -0.334 e. The highest BCUT2D eigenvalue weighted by atomic mass is 79.9. The molecule has 0 atom stereocenters. The second-order valence-corrected chi connectivity index (χ2v) is 7.08. The minimum atomic E-state index is -0.434. The Bertz CT molecular complexity index is 645. The average molecular weight is 350 g/mol. The van der Waals surface area contributed by atoms with Gasteiger partial charge >= 0.3 is 0 Å². The van der Waals surface area contributed by atoms with Crippen LogP contribution in [0.3, 0.4) is 0 Å². The van der Waals surface area contributed by atoms with Crippen LogP contribution in [-0.4, -0.2) is 10.1 Å². The van der Waals surface area contributed by atoms with Gasteiger partial charge in [-0.2, -0.15) is 4.98 Å². The first kappa shape index (κ1) is 14.7. The first-order valence-corrected chi connectivity index (χ1v) is 8.17. The van der Waals surface area contributed by atoms with Gasteiger partial charge in [-0.3, -0.25) is 0 Å². The second kappa shape index (κ2) is 5.54. The summed E-state index contributed by atoms with van der Waals surface area (Å²) in [5, 5.41) is 4.14. The molecule has 2 aromatic rings. The van der Waals surface area contributed by atoms with Gasteiger partial charge in [-0.1, -0.05) is 34.1 Å². The van der Waals surface area contributed by atoms with Crippen LogP contribution >= 0.6 is 15.9 Å². The quantitative estimate of drug-likeness (QED) is 0.883. The number of rotatable bonds is 2. The molecule has 0 bridgehead atoms. The summed E-state index contributed by atoms with van der Waals surface area (Å²) >= 11 is 3.53. The van der Waals surface area contributed by atoms with E-state index >= 15 is 0 Å². The summed E-state index contributed by atoms with van der Waals surface area (Å²) < 4.78 is 6.46. The Morgan fingerprint density at radius 3 is 2.71 bits per heavy atom. The number of nitrogens with zero attached hydrogens (tertiary/aromatic N) is 2. The zero-order valence-corrected chi connectivity index (χ0v) is 14.0. The fourth-order valence-electron chi connectivity index (χ4n) is 2.77. The molecule has 1 aromatic heterocycles. The number of nitrogens with two attached hydrogens (primary N) is 1. The first-order valence-electron chi connectivity index (χ1n) is 7.37. The molecule has 1 aliphatic carbocycles. The number of halogens is 1. The van der Waals surface area contributed by atoms with Crippen LogP contribution in [0.15, 0.2) is 27.2 Å². The van der Waals surface area contributed by atoms with Crippen LogP contribution < -0.4 is 5.73 Å². The van der Waals surface area contributed by atoms with Gasteiger partial charge in [-0.15, -0.1) is 0 Å². The van der Waals surface area contributed by atoms with Crippen LogP contribution in [0.25, 0.3) is 11.5 Å². The van der Waals surface area contributed by atoms with E-state index in [0.717, 1.165) is 41.6 Å². The number of hydrogen-bond acceptors (Lipinski definition) is 4. The van der Waals surface area contributed by atoms with E-state index in [-0.39, 0.29) is 0 Å². The van der Waals surface area contributed by atoms with Gasteiger partial charge in [-0.05, 0) is 56.2 Å². The van der Waals surface area contributed by atoms with E-state index in [1.807, 2.05) is 25.1 Å². The van der Waals surface area contributed by atoms with E-state index in [1.165, 1.54) is 5.56 Å². The normalized spacial score (nSPS) is 26.0. The number of aromatic nitrogens is 2. The lowest BCUT2D eigenvalue weighted by atomic mass is 9.77. The SMILES string of the molecule is Cc1ccc(-c2nc(C3(N)CCC(C)CC3)no2)cc1Br. The van der Waals surface area contributed by atoms with Crippen molar-refractivity contribution >= 4 is 15.9 Å². The van der Waals surface area contributed by atoms with Crippen LogP contribution in [0.2, 0.25) is 0 Å². The van der Waals surface area contributed by atoms with Crippen molar-refractivity contribution in [3.8, 4) is 11.5 Å². The van der Waals surface area contributed by atoms with Crippen molar-refractivity contribution in [2.45, 2.75) is 45.1 Å². The summed E-state index contributed by atoms with van der Waals surface area (Å²) in [5.41, 5.74) is 8.15. The van der Waals surface area contributed by atoms with E-state index in [4.69, 9.17) is 10.3 Å². The summed E-state index contributed by atoms with van der Waals surface area (Å²) in [6, 6.07) is 6.02. The van der Waals surface area contributed by atoms with Gasteiger partial charge in [0.25, 0.3) is 5.89 Å². The Morgan fingerprint density at radius 2 is 2.05 bits per heavy atom. The monoisotopic (exact) mass is 349 g/mol. The third kappa shape index (κ3) is 2.90. The van der Waals surface area contributed by atoms with E-state index in [0.29, 0.717) is 11.7 Å². The fourth-order valence-corrected chi connectivity index (χ4v) is 3.15. The summed E-state index contributed by atoms with van der Waals surface area (Å²) in [6.45, 7) is 4.32. The smallest absolute Gasteiger partial charge is 0.258 e. The lowest BCUT2D eigenvalue weighted by molar-refractivity contribution is 0.230. The van der Waals surface area contributed by atoms with Crippen molar-refractivity contribution in [1.82, 2.24) is 10.1 Å². The third-order valence-electron chi connectivity index (χ3n) is 4.46. The molecule has 21 heavy (non-hydrogen) atoms. The van der Waals surface area contributed by atoms with E-state index in [9.17, 15) is 0 Å². The standard InChI is InChI=1S/C16H20BrN3O/c1-10-5-7-16(18,8-6-10)15-19-14(21-20-15)12-4-3-11(2)13(17)9-12/h3-4,9-10H,5-8,18H2,1-2H3. The predicted molar refractivity (Wildman–Crippen MR) is 85.7 cm³/mol. The molecule has 0 aliphatic heterocycles. The lowest BCUT2D eigenvalue weighted by Gasteiger charge is -2.33. The van der Waals surface area contributed by atoms with E-state index < -0.39 is 5.54 Å². The molecule has 3 rings (SSSR count). The fraction of sp³-hybridized carbons (Fsp3) is 0.500. The average Bonchev–Trinajstić information content (AvgIpc) is 2.96. The maximum atomic E-state index is 6.49. The van der Waals surface area contributed by atoms with Gasteiger partial charge in [0.15, 0.2) is 5.82 Å². The number of hydrogen-bond donors (Lipinski definition) is 1. The van der Waals surface area contributed by atoms with Crippen molar-refractivity contribution in [3.05, 3.63) is 34.1 Å². The summed E-state index contributed by atoms with van der Waals surface area (Å²) in [4.78, 5) is 4.55. The zero-order chi connectivity index (χ0) is 15.0. The van der Waals surface area contributed by atoms with E-state index in [2.05, 4.69) is 33.0 Å². The van der Waals surface area contributed by atoms with Crippen LogP contribution in [0.1, 0.15) is 44.0 Å². The second-order valence-electron chi connectivity index (χ2n) is 6.23. The first-order chi connectivity index (χ1) is 9.98. The summed E-state index contributed by atoms with van der Waals surface area (Å²) in [6.07, 6.45) is 4.09. The molecule has 1 heterocycles. The highest BCUT2D eigenvalue weighted by Gasteiger charge is 2.36. The molecule has 0 amide bonds. The largest absolute Gasteiger partial charge is 0.334 e. The summed E-state index contributed by atoms with van der Waals surface area (Å²) in [5.74, 6) is 1.91. The molecule has 1 fully saturated rings.